The van der Waals surface area contributed by atoms with Gasteiger partial charge < -0.3 is 10.6 Å². The summed E-state index contributed by atoms with van der Waals surface area (Å²) in [6.45, 7) is 6.50. The minimum Gasteiger partial charge on any atom is -0.378 e. The van der Waals surface area contributed by atoms with Gasteiger partial charge in [-0.05, 0) is 76.9 Å². The fourth-order valence-electron chi connectivity index (χ4n) is 5.06. The largest absolute Gasteiger partial charge is 0.378 e. The quantitative estimate of drug-likeness (QED) is 0.362. The van der Waals surface area contributed by atoms with Gasteiger partial charge in [-0.15, -0.1) is 0 Å². The standard InChI is InChI=1S/C29H28Cl2N2O/c1-29(2,3)18-9-7-17(8-10-18)28(34)32-20-12-14-26-24(16-20)21-5-4-6-22(21)27(33-26)23-13-11-19(30)15-25(23)31/h4-5,7-16,21-22,27,33H,6H2,1-3H3,(H,32,34). The molecule has 3 aromatic rings. The maximum atomic E-state index is 12.9. The molecule has 3 nitrogen and oxygen atoms in total. The molecule has 0 saturated carbocycles. The number of amides is 1. The molecule has 3 aromatic carbocycles. The molecule has 5 heteroatoms. The summed E-state index contributed by atoms with van der Waals surface area (Å²) in [4.78, 5) is 12.9. The molecule has 0 fully saturated rings. The van der Waals surface area contributed by atoms with Gasteiger partial charge in [0.15, 0.2) is 0 Å². The Balaban J connectivity index is 1.39. The maximum Gasteiger partial charge on any atom is 0.255 e. The van der Waals surface area contributed by atoms with Crippen molar-refractivity contribution < 1.29 is 4.79 Å². The maximum absolute atomic E-state index is 12.9. The molecule has 174 valence electrons. The molecule has 1 heterocycles. The van der Waals surface area contributed by atoms with E-state index in [2.05, 4.69) is 49.6 Å². The fraction of sp³-hybridized carbons (Fsp3) is 0.276. The lowest BCUT2D eigenvalue weighted by Gasteiger charge is -2.38. The molecule has 0 aromatic heterocycles. The van der Waals surface area contributed by atoms with Crippen molar-refractivity contribution in [2.45, 2.75) is 44.6 Å². The Morgan fingerprint density at radius 2 is 1.74 bits per heavy atom. The number of halogens is 2. The second kappa shape index (κ2) is 8.79. The summed E-state index contributed by atoms with van der Waals surface area (Å²) in [6, 6.07) is 19.8. The van der Waals surface area contributed by atoms with E-state index < -0.39 is 0 Å². The molecule has 0 bridgehead atoms. The van der Waals surface area contributed by atoms with E-state index in [0.29, 0.717) is 21.5 Å². The topological polar surface area (TPSA) is 41.1 Å². The molecule has 1 aliphatic carbocycles. The number of carbonyl (C=O) groups excluding carboxylic acids is 1. The van der Waals surface area contributed by atoms with E-state index in [4.69, 9.17) is 23.2 Å². The number of fused-ring (bicyclic) bond motifs is 3. The summed E-state index contributed by atoms with van der Waals surface area (Å²) < 4.78 is 0. The first-order chi connectivity index (χ1) is 16.2. The third-order valence-electron chi connectivity index (χ3n) is 6.93. The van der Waals surface area contributed by atoms with E-state index in [1.807, 2.05) is 48.5 Å². The van der Waals surface area contributed by atoms with Crippen LogP contribution in [0.4, 0.5) is 11.4 Å². The first-order valence-electron chi connectivity index (χ1n) is 11.6. The zero-order valence-electron chi connectivity index (χ0n) is 19.5. The summed E-state index contributed by atoms with van der Waals surface area (Å²) in [7, 11) is 0. The summed E-state index contributed by atoms with van der Waals surface area (Å²) in [5.41, 5.74) is 6.04. The lowest BCUT2D eigenvalue weighted by Crippen LogP contribution is -2.29. The number of anilines is 2. The third kappa shape index (κ3) is 4.35. The van der Waals surface area contributed by atoms with Crippen LogP contribution < -0.4 is 10.6 Å². The monoisotopic (exact) mass is 490 g/mol. The molecular weight excluding hydrogens is 463 g/mol. The van der Waals surface area contributed by atoms with Crippen LogP contribution in [0.3, 0.4) is 0 Å². The summed E-state index contributed by atoms with van der Waals surface area (Å²) in [5.74, 6) is 0.506. The summed E-state index contributed by atoms with van der Waals surface area (Å²) >= 11 is 12.7. The molecule has 2 aliphatic rings. The van der Waals surface area contributed by atoms with E-state index in [0.717, 1.165) is 23.4 Å². The van der Waals surface area contributed by atoms with Crippen molar-refractivity contribution in [3.63, 3.8) is 0 Å². The van der Waals surface area contributed by atoms with Gasteiger partial charge in [-0.1, -0.05) is 74.3 Å². The van der Waals surface area contributed by atoms with E-state index in [-0.39, 0.29) is 23.3 Å². The zero-order valence-corrected chi connectivity index (χ0v) is 21.0. The third-order valence-corrected chi connectivity index (χ3v) is 7.49. The van der Waals surface area contributed by atoms with E-state index in [1.54, 1.807) is 6.07 Å². The van der Waals surface area contributed by atoms with Gasteiger partial charge in [0.1, 0.15) is 0 Å². The van der Waals surface area contributed by atoms with Gasteiger partial charge in [0.25, 0.3) is 5.91 Å². The molecular formula is C29H28Cl2N2O. The molecule has 5 rings (SSSR count). The highest BCUT2D eigenvalue weighted by Gasteiger charge is 2.38. The number of allylic oxidation sites excluding steroid dienone is 2. The SMILES string of the molecule is CC(C)(C)c1ccc(C(=O)Nc2ccc3c(c2)C2C=CCC2C(c2ccc(Cl)cc2Cl)N3)cc1. The summed E-state index contributed by atoms with van der Waals surface area (Å²) in [5, 5.41) is 8.09. The zero-order chi connectivity index (χ0) is 24.0. The highest BCUT2D eigenvalue weighted by molar-refractivity contribution is 6.35. The Kier molecular flexibility index (Phi) is 5.95. The van der Waals surface area contributed by atoms with Gasteiger partial charge in [0, 0.05) is 32.9 Å². The van der Waals surface area contributed by atoms with Crippen LogP contribution >= 0.6 is 23.2 Å². The van der Waals surface area contributed by atoms with Crippen LogP contribution in [0.5, 0.6) is 0 Å². The predicted octanol–water partition coefficient (Wildman–Crippen LogP) is 8.37. The molecule has 0 saturated heterocycles. The van der Waals surface area contributed by atoms with Gasteiger partial charge in [0.2, 0.25) is 0 Å². The Morgan fingerprint density at radius 3 is 2.44 bits per heavy atom. The first kappa shape index (κ1) is 23.0. The second-order valence-electron chi connectivity index (χ2n) is 10.2. The van der Waals surface area contributed by atoms with Crippen LogP contribution in [-0.4, -0.2) is 5.91 Å². The van der Waals surface area contributed by atoms with Crippen molar-refractivity contribution in [2.75, 3.05) is 10.6 Å². The molecule has 3 atom stereocenters. The Morgan fingerprint density at radius 1 is 0.971 bits per heavy atom. The average Bonchev–Trinajstić information content (AvgIpc) is 3.29. The number of rotatable bonds is 3. The Labute approximate surface area is 211 Å². The Bertz CT molecular complexity index is 1270. The fourth-order valence-corrected chi connectivity index (χ4v) is 5.58. The van der Waals surface area contributed by atoms with Gasteiger partial charge >= 0.3 is 0 Å². The van der Waals surface area contributed by atoms with Crippen LogP contribution in [0.2, 0.25) is 10.0 Å². The van der Waals surface area contributed by atoms with Crippen LogP contribution in [0.15, 0.2) is 72.8 Å². The lowest BCUT2D eigenvalue weighted by molar-refractivity contribution is 0.102. The van der Waals surface area contributed by atoms with Gasteiger partial charge in [-0.2, -0.15) is 0 Å². The molecule has 0 radical (unpaired) electrons. The van der Waals surface area contributed by atoms with Crippen LogP contribution in [0, 0.1) is 5.92 Å². The van der Waals surface area contributed by atoms with Crippen LogP contribution in [0.25, 0.3) is 0 Å². The van der Waals surface area contributed by atoms with Crippen molar-refractivity contribution in [1.82, 2.24) is 0 Å². The van der Waals surface area contributed by atoms with Gasteiger partial charge in [-0.25, -0.2) is 0 Å². The summed E-state index contributed by atoms with van der Waals surface area (Å²) in [6.07, 6.45) is 5.49. The Hall–Kier alpha value is -2.75. The smallest absolute Gasteiger partial charge is 0.255 e. The van der Waals surface area contributed by atoms with E-state index >= 15 is 0 Å². The normalized spacial score (nSPS) is 20.9. The predicted molar refractivity (Wildman–Crippen MR) is 142 cm³/mol. The highest BCUT2D eigenvalue weighted by atomic mass is 35.5. The molecule has 0 spiro atoms. The highest BCUT2D eigenvalue weighted by Crippen LogP contribution is 2.51. The first-order valence-corrected chi connectivity index (χ1v) is 12.4. The second-order valence-corrected chi connectivity index (χ2v) is 11.1. The van der Waals surface area contributed by atoms with Crippen molar-refractivity contribution in [3.8, 4) is 0 Å². The van der Waals surface area contributed by atoms with Crippen molar-refractivity contribution >= 4 is 40.5 Å². The minimum atomic E-state index is -0.103. The van der Waals surface area contributed by atoms with Crippen molar-refractivity contribution in [1.29, 1.82) is 0 Å². The molecule has 2 N–H and O–H groups in total. The van der Waals surface area contributed by atoms with Crippen LogP contribution in [-0.2, 0) is 5.41 Å². The molecule has 34 heavy (non-hydrogen) atoms. The number of carbonyl (C=O) groups is 1. The van der Waals surface area contributed by atoms with E-state index in [9.17, 15) is 4.79 Å². The molecule has 1 amide bonds. The molecule has 3 unspecified atom stereocenters. The van der Waals surface area contributed by atoms with Gasteiger partial charge in [-0.3, -0.25) is 4.79 Å². The number of hydrogen-bond donors (Lipinski definition) is 2. The van der Waals surface area contributed by atoms with Crippen LogP contribution in [0.1, 0.15) is 66.2 Å². The molecule has 1 aliphatic heterocycles. The number of benzene rings is 3. The minimum absolute atomic E-state index is 0.0555. The number of nitrogens with one attached hydrogen (secondary N) is 2. The van der Waals surface area contributed by atoms with Gasteiger partial charge in [0.05, 0.1) is 6.04 Å². The van der Waals surface area contributed by atoms with Crippen molar-refractivity contribution in [3.05, 3.63) is 105 Å². The van der Waals surface area contributed by atoms with Crippen molar-refractivity contribution in [2.24, 2.45) is 5.92 Å². The lowest BCUT2D eigenvalue weighted by atomic mass is 9.77. The average molecular weight is 491 g/mol. The number of hydrogen-bond acceptors (Lipinski definition) is 2. The van der Waals surface area contributed by atoms with E-state index in [1.165, 1.54) is 11.1 Å².